The van der Waals surface area contributed by atoms with Crippen LogP contribution in [0.3, 0.4) is 0 Å². The van der Waals surface area contributed by atoms with Crippen LogP contribution in [-0.2, 0) is 0 Å². The summed E-state index contributed by atoms with van der Waals surface area (Å²) >= 11 is 12.0. The van der Waals surface area contributed by atoms with Crippen LogP contribution < -0.4 is 5.32 Å². The second-order valence-corrected chi connectivity index (χ2v) is 6.18. The molecular weight excluding hydrogens is 338 g/mol. The van der Waals surface area contributed by atoms with Crippen molar-refractivity contribution in [3.63, 3.8) is 0 Å². The summed E-state index contributed by atoms with van der Waals surface area (Å²) in [6, 6.07) is 11.2. The molecule has 1 amide bonds. The lowest BCUT2D eigenvalue weighted by molar-refractivity contribution is 0.0938. The maximum atomic E-state index is 13.7. The number of hydrogen-bond acceptors (Lipinski definition) is 2. The van der Waals surface area contributed by atoms with Crippen LogP contribution in [0.1, 0.15) is 22.0 Å². The molecule has 0 aromatic heterocycles. The van der Waals surface area contributed by atoms with Gasteiger partial charge in [-0.25, -0.2) is 4.39 Å². The highest BCUT2D eigenvalue weighted by Gasteiger charge is 2.19. The van der Waals surface area contributed by atoms with Crippen molar-refractivity contribution in [3.05, 3.63) is 69.5 Å². The topological polar surface area (TPSA) is 32.3 Å². The third kappa shape index (κ3) is 4.44. The molecule has 1 unspecified atom stereocenters. The maximum Gasteiger partial charge on any atom is 0.254 e. The number of amides is 1. The summed E-state index contributed by atoms with van der Waals surface area (Å²) in [5.41, 5.74) is 0.820. The first-order valence-electron chi connectivity index (χ1n) is 7.04. The molecule has 0 spiro atoms. The number of benzene rings is 2. The van der Waals surface area contributed by atoms with Gasteiger partial charge in [0.15, 0.2) is 0 Å². The van der Waals surface area contributed by atoms with Gasteiger partial charge in [0.2, 0.25) is 0 Å². The molecule has 0 aliphatic heterocycles. The minimum absolute atomic E-state index is 0.0748. The lowest BCUT2D eigenvalue weighted by Crippen LogP contribution is -2.35. The van der Waals surface area contributed by atoms with Gasteiger partial charge in [-0.15, -0.1) is 0 Å². The zero-order valence-corrected chi connectivity index (χ0v) is 14.3. The number of carbonyl (C=O) groups is 1. The van der Waals surface area contributed by atoms with Gasteiger partial charge in [0.1, 0.15) is 5.82 Å². The van der Waals surface area contributed by atoms with Crippen LogP contribution in [0.25, 0.3) is 0 Å². The number of likely N-dealkylation sites (N-methyl/N-ethyl adjacent to an activating group) is 1. The maximum absolute atomic E-state index is 13.7. The van der Waals surface area contributed by atoms with Gasteiger partial charge in [-0.3, -0.25) is 4.79 Å². The fourth-order valence-corrected chi connectivity index (χ4v) is 2.71. The fraction of sp³-hybridized carbons (Fsp3) is 0.235. The van der Waals surface area contributed by atoms with Crippen molar-refractivity contribution in [2.45, 2.75) is 6.04 Å². The lowest BCUT2D eigenvalue weighted by Gasteiger charge is -2.26. The molecule has 2 rings (SSSR count). The number of rotatable bonds is 5. The molecule has 0 radical (unpaired) electrons. The summed E-state index contributed by atoms with van der Waals surface area (Å²) in [7, 11) is 3.78. The van der Waals surface area contributed by atoms with Crippen LogP contribution in [0.15, 0.2) is 42.5 Å². The average Bonchev–Trinajstić information content (AvgIpc) is 2.51. The number of carbonyl (C=O) groups excluding carboxylic acids is 1. The van der Waals surface area contributed by atoms with Gasteiger partial charge in [-0.1, -0.05) is 41.4 Å². The van der Waals surface area contributed by atoms with Gasteiger partial charge < -0.3 is 10.2 Å². The molecule has 23 heavy (non-hydrogen) atoms. The third-order valence-electron chi connectivity index (χ3n) is 3.52. The van der Waals surface area contributed by atoms with Crippen LogP contribution in [0.2, 0.25) is 10.0 Å². The van der Waals surface area contributed by atoms with Crippen LogP contribution in [0.4, 0.5) is 4.39 Å². The standard InChI is InChI=1S/C17H17Cl2FN2O/c1-22(2)16(12-5-3-4-6-14(12)19)10-21-17(23)13-9-11(18)7-8-15(13)20/h3-9,16H,10H2,1-2H3,(H,21,23). The van der Waals surface area contributed by atoms with E-state index in [-0.39, 0.29) is 11.6 Å². The van der Waals surface area contributed by atoms with Gasteiger partial charge in [0, 0.05) is 16.6 Å². The molecule has 122 valence electrons. The summed E-state index contributed by atoms with van der Waals surface area (Å²) < 4.78 is 13.7. The van der Waals surface area contributed by atoms with Gasteiger partial charge in [0.05, 0.1) is 11.6 Å². The molecule has 0 saturated heterocycles. The minimum atomic E-state index is -0.606. The molecule has 3 nitrogen and oxygen atoms in total. The summed E-state index contributed by atoms with van der Waals surface area (Å²) in [4.78, 5) is 14.1. The SMILES string of the molecule is CN(C)C(CNC(=O)c1cc(Cl)ccc1F)c1ccccc1Cl. The van der Waals surface area contributed by atoms with Crippen molar-refractivity contribution < 1.29 is 9.18 Å². The molecule has 2 aromatic rings. The van der Waals surface area contributed by atoms with Crippen molar-refractivity contribution in [3.8, 4) is 0 Å². The largest absolute Gasteiger partial charge is 0.350 e. The molecule has 0 aliphatic rings. The van der Waals surface area contributed by atoms with Gasteiger partial charge >= 0.3 is 0 Å². The Morgan fingerprint density at radius 1 is 1.22 bits per heavy atom. The number of nitrogens with one attached hydrogen (secondary N) is 1. The Balaban J connectivity index is 2.15. The minimum Gasteiger partial charge on any atom is -0.350 e. The summed E-state index contributed by atoms with van der Waals surface area (Å²) in [5, 5.41) is 3.67. The molecule has 6 heteroatoms. The Bertz CT molecular complexity index is 707. The first-order chi connectivity index (χ1) is 10.9. The van der Waals surface area contributed by atoms with Crippen molar-refractivity contribution in [2.24, 2.45) is 0 Å². The first-order valence-corrected chi connectivity index (χ1v) is 7.80. The Morgan fingerprint density at radius 2 is 1.91 bits per heavy atom. The fourth-order valence-electron chi connectivity index (χ4n) is 2.27. The normalized spacial score (nSPS) is 12.3. The molecule has 0 saturated carbocycles. The highest BCUT2D eigenvalue weighted by molar-refractivity contribution is 6.31. The molecular formula is C17H17Cl2FN2O. The lowest BCUT2D eigenvalue weighted by atomic mass is 10.1. The highest BCUT2D eigenvalue weighted by Crippen LogP contribution is 2.25. The highest BCUT2D eigenvalue weighted by atomic mass is 35.5. The van der Waals surface area contributed by atoms with Crippen molar-refractivity contribution in [1.82, 2.24) is 10.2 Å². The quantitative estimate of drug-likeness (QED) is 0.873. The van der Waals surface area contributed by atoms with E-state index in [0.717, 1.165) is 5.56 Å². The number of nitrogens with zero attached hydrogens (tertiary/aromatic N) is 1. The predicted octanol–water partition coefficient (Wildman–Crippen LogP) is 4.17. The molecule has 0 bridgehead atoms. The molecule has 1 atom stereocenters. The predicted molar refractivity (Wildman–Crippen MR) is 91.6 cm³/mol. The second kappa shape index (κ2) is 7.77. The number of halogens is 3. The van der Waals surface area contributed by atoms with E-state index in [1.807, 2.05) is 37.2 Å². The van der Waals surface area contributed by atoms with Crippen molar-refractivity contribution >= 4 is 29.1 Å². The summed E-state index contributed by atoms with van der Waals surface area (Å²) in [5.74, 6) is -1.12. The van der Waals surface area contributed by atoms with Crippen LogP contribution in [0, 0.1) is 5.82 Å². The second-order valence-electron chi connectivity index (χ2n) is 5.34. The van der Waals surface area contributed by atoms with Gasteiger partial charge in [-0.2, -0.15) is 0 Å². The van der Waals surface area contributed by atoms with E-state index in [0.29, 0.717) is 16.6 Å². The van der Waals surface area contributed by atoms with E-state index >= 15 is 0 Å². The molecule has 0 heterocycles. The van der Waals surface area contributed by atoms with Crippen LogP contribution >= 0.6 is 23.2 Å². The monoisotopic (exact) mass is 354 g/mol. The summed E-state index contributed by atoms with van der Waals surface area (Å²) in [6.45, 7) is 0.293. The molecule has 0 fully saturated rings. The van der Waals surface area contributed by atoms with E-state index in [9.17, 15) is 9.18 Å². The molecule has 2 aromatic carbocycles. The Kier molecular flexibility index (Phi) is 5.99. The molecule has 1 N–H and O–H groups in total. The third-order valence-corrected chi connectivity index (χ3v) is 4.10. The van der Waals surface area contributed by atoms with Crippen LogP contribution in [0.5, 0.6) is 0 Å². The van der Waals surface area contributed by atoms with E-state index in [4.69, 9.17) is 23.2 Å². The van der Waals surface area contributed by atoms with E-state index in [2.05, 4.69) is 5.32 Å². The van der Waals surface area contributed by atoms with Crippen molar-refractivity contribution in [1.29, 1.82) is 0 Å². The smallest absolute Gasteiger partial charge is 0.254 e. The zero-order chi connectivity index (χ0) is 17.0. The van der Waals surface area contributed by atoms with Crippen LogP contribution in [-0.4, -0.2) is 31.4 Å². The van der Waals surface area contributed by atoms with E-state index < -0.39 is 11.7 Å². The molecule has 0 aliphatic carbocycles. The average molecular weight is 355 g/mol. The Hall–Kier alpha value is -1.62. The van der Waals surface area contributed by atoms with Gasteiger partial charge in [-0.05, 0) is 43.9 Å². The van der Waals surface area contributed by atoms with Gasteiger partial charge in [0.25, 0.3) is 5.91 Å². The van der Waals surface area contributed by atoms with E-state index in [1.54, 1.807) is 6.07 Å². The van der Waals surface area contributed by atoms with E-state index in [1.165, 1.54) is 18.2 Å². The first kappa shape index (κ1) is 17.7. The zero-order valence-electron chi connectivity index (χ0n) is 12.8. The Morgan fingerprint density at radius 3 is 2.57 bits per heavy atom. The summed E-state index contributed by atoms with van der Waals surface area (Å²) in [6.07, 6.45) is 0. The van der Waals surface area contributed by atoms with Crippen molar-refractivity contribution in [2.75, 3.05) is 20.6 Å². The number of hydrogen-bond donors (Lipinski definition) is 1. The Labute approximate surface area is 145 Å².